The molecule has 5 rings (SSSR count). The number of rotatable bonds is 8. The molecule has 1 N–H and O–H groups in total. The molecule has 4 heterocycles. The summed E-state index contributed by atoms with van der Waals surface area (Å²) in [4.78, 5) is 40.6. The van der Waals surface area contributed by atoms with E-state index < -0.39 is 9.84 Å². The van der Waals surface area contributed by atoms with Crippen LogP contribution in [-0.2, 0) is 22.9 Å². The molecule has 0 amide bonds. The molecule has 0 spiro atoms. The largest absolute Gasteiger partial charge is 0.360 e. The number of fused-ring (bicyclic) bond motifs is 1. The van der Waals surface area contributed by atoms with Crippen molar-refractivity contribution in [3.63, 3.8) is 0 Å². The molecule has 0 atom stereocenters. The Bertz CT molecular complexity index is 1650. The van der Waals surface area contributed by atoms with Crippen molar-refractivity contribution in [2.75, 3.05) is 11.6 Å². The number of hydrogen-bond donors (Lipinski definition) is 1. The predicted molar refractivity (Wildman–Crippen MR) is 139 cm³/mol. The summed E-state index contributed by atoms with van der Waals surface area (Å²) in [6.45, 7) is 6.62. The Balaban J connectivity index is 1.53. The highest BCUT2D eigenvalue weighted by molar-refractivity contribution is 7.90. The van der Waals surface area contributed by atoms with Crippen LogP contribution in [0.4, 0.5) is 5.82 Å². The number of nitrogens with one attached hydrogen (secondary N) is 1. The highest BCUT2D eigenvalue weighted by Crippen LogP contribution is 2.43. The van der Waals surface area contributed by atoms with E-state index in [9.17, 15) is 13.2 Å². The Morgan fingerprint density at radius 1 is 1.08 bits per heavy atom. The van der Waals surface area contributed by atoms with Gasteiger partial charge in [-0.2, -0.15) is 0 Å². The highest BCUT2D eigenvalue weighted by atomic mass is 32.2. The fraction of sp³-hybridized carbons (Fsp3) is 0.400. The second-order valence-electron chi connectivity index (χ2n) is 9.78. The maximum atomic E-state index is 13.5. The molecule has 0 unspecified atom stereocenters. The molecule has 1 aliphatic rings. The smallest absolute Gasteiger partial charge is 0.294 e. The van der Waals surface area contributed by atoms with Crippen LogP contribution in [0.2, 0.25) is 0 Å². The van der Waals surface area contributed by atoms with E-state index in [0.717, 1.165) is 36.0 Å². The summed E-state index contributed by atoms with van der Waals surface area (Å²) in [5.41, 5.74) is 3.77. The standard InChI is InChI=1S/C25H28N8O3S/c1-14(2)12-33-24-19(11-28-22(32-24)20-15(3)29-13-30-21(20)16-5-6-16)31-23(25(33)34)27-9-17-7-8-18(10-26-17)37(4,35)36/h7-8,10-11,13-14,16H,5-6,9,12H2,1-4H3,(H,27,31). The van der Waals surface area contributed by atoms with Gasteiger partial charge in [-0.25, -0.2) is 33.3 Å². The summed E-state index contributed by atoms with van der Waals surface area (Å²) in [6, 6.07) is 3.10. The van der Waals surface area contributed by atoms with Gasteiger partial charge in [-0.15, -0.1) is 0 Å². The molecule has 4 aromatic rings. The van der Waals surface area contributed by atoms with Gasteiger partial charge >= 0.3 is 0 Å². The van der Waals surface area contributed by atoms with Gasteiger partial charge in [-0.05, 0) is 37.8 Å². The van der Waals surface area contributed by atoms with E-state index in [1.807, 2.05) is 20.8 Å². The van der Waals surface area contributed by atoms with Crippen LogP contribution >= 0.6 is 0 Å². The Hall–Kier alpha value is -3.80. The molecule has 0 bridgehead atoms. The van der Waals surface area contributed by atoms with Crippen LogP contribution in [-0.4, -0.2) is 49.1 Å². The van der Waals surface area contributed by atoms with E-state index in [1.54, 1.807) is 23.2 Å². The minimum Gasteiger partial charge on any atom is -0.360 e. The van der Waals surface area contributed by atoms with Gasteiger partial charge in [-0.1, -0.05) is 13.8 Å². The number of pyridine rings is 1. The second kappa shape index (κ2) is 9.58. The first kappa shape index (κ1) is 24.9. The van der Waals surface area contributed by atoms with Crippen molar-refractivity contribution in [2.24, 2.45) is 5.92 Å². The molecular weight excluding hydrogens is 492 g/mol. The molecule has 1 fully saturated rings. The molecule has 37 heavy (non-hydrogen) atoms. The van der Waals surface area contributed by atoms with Crippen molar-refractivity contribution >= 4 is 26.8 Å². The summed E-state index contributed by atoms with van der Waals surface area (Å²) in [5.74, 6) is 1.21. The summed E-state index contributed by atoms with van der Waals surface area (Å²) >= 11 is 0. The molecule has 0 saturated heterocycles. The van der Waals surface area contributed by atoms with Crippen LogP contribution in [0.25, 0.3) is 22.6 Å². The third kappa shape index (κ3) is 5.19. The van der Waals surface area contributed by atoms with Crippen LogP contribution in [0, 0.1) is 12.8 Å². The number of sulfone groups is 1. The molecular formula is C25H28N8O3S. The topological polar surface area (TPSA) is 146 Å². The summed E-state index contributed by atoms with van der Waals surface area (Å²) < 4.78 is 25.0. The van der Waals surface area contributed by atoms with Crippen LogP contribution in [0.5, 0.6) is 0 Å². The van der Waals surface area contributed by atoms with Gasteiger partial charge in [0, 0.05) is 24.9 Å². The Labute approximate surface area is 214 Å². The molecule has 11 nitrogen and oxygen atoms in total. The van der Waals surface area contributed by atoms with Crippen molar-refractivity contribution in [3.05, 3.63) is 58.3 Å². The summed E-state index contributed by atoms with van der Waals surface area (Å²) in [5, 5.41) is 3.05. The first-order valence-corrected chi connectivity index (χ1v) is 14.0. The van der Waals surface area contributed by atoms with Gasteiger partial charge in [0.15, 0.2) is 27.1 Å². The molecule has 1 aliphatic carbocycles. The Kier molecular flexibility index (Phi) is 6.44. The van der Waals surface area contributed by atoms with E-state index in [1.165, 1.54) is 12.3 Å². The molecule has 12 heteroatoms. The average Bonchev–Trinajstić information content (AvgIpc) is 3.69. The molecule has 4 aromatic heterocycles. The van der Waals surface area contributed by atoms with E-state index >= 15 is 0 Å². The van der Waals surface area contributed by atoms with E-state index in [2.05, 4.69) is 30.2 Å². The molecule has 0 aromatic carbocycles. The zero-order valence-corrected chi connectivity index (χ0v) is 21.9. The number of aromatic nitrogens is 7. The van der Waals surface area contributed by atoms with Crippen molar-refractivity contribution in [2.45, 2.75) is 57.5 Å². The third-order valence-electron chi connectivity index (χ3n) is 6.15. The number of anilines is 1. The second-order valence-corrected chi connectivity index (χ2v) is 11.8. The monoisotopic (exact) mass is 520 g/mol. The maximum absolute atomic E-state index is 13.5. The quantitative estimate of drug-likeness (QED) is 0.368. The first-order valence-electron chi connectivity index (χ1n) is 12.1. The normalized spacial score (nSPS) is 13.9. The average molecular weight is 521 g/mol. The fourth-order valence-electron chi connectivity index (χ4n) is 4.15. The zero-order valence-electron chi connectivity index (χ0n) is 21.1. The van der Waals surface area contributed by atoms with Gasteiger partial charge in [-0.3, -0.25) is 14.3 Å². The zero-order chi connectivity index (χ0) is 26.3. The lowest BCUT2D eigenvalue weighted by atomic mass is 10.1. The van der Waals surface area contributed by atoms with Crippen molar-refractivity contribution in [3.8, 4) is 11.4 Å². The Morgan fingerprint density at radius 2 is 1.86 bits per heavy atom. The van der Waals surface area contributed by atoms with Crippen LogP contribution < -0.4 is 10.9 Å². The van der Waals surface area contributed by atoms with Gasteiger partial charge in [0.05, 0.1) is 40.3 Å². The summed E-state index contributed by atoms with van der Waals surface area (Å²) in [7, 11) is -3.34. The molecule has 0 aliphatic heterocycles. The van der Waals surface area contributed by atoms with E-state index in [0.29, 0.717) is 35.1 Å². The lowest BCUT2D eigenvalue weighted by molar-refractivity contribution is 0.520. The lowest BCUT2D eigenvalue weighted by Crippen LogP contribution is -2.28. The number of aryl methyl sites for hydroxylation is 1. The van der Waals surface area contributed by atoms with Crippen LogP contribution in [0.15, 0.2) is 40.5 Å². The van der Waals surface area contributed by atoms with Gasteiger partial charge < -0.3 is 5.32 Å². The van der Waals surface area contributed by atoms with Gasteiger partial charge in [0.2, 0.25) is 0 Å². The van der Waals surface area contributed by atoms with Crippen LogP contribution in [0.3, 0.4) is 0 Å². The summed E-state index contributed by atoms with van der Waals surface area (Å²) in [6.07, 6.45) is 7.80. The first-order chi connectivity index (χ1) is 17.6. The van der Waals surface area contributed by atoms with Crippen molar-refractivity contribution in [1.29, 1.82) is 0 Å². The predicted octanol–water partition coefficient (Wildman–Crippen LogP) is 2.90. The fourth-order valence-corrected chi connectivity index (χ4v) is 4.71. The van der Waals surface area contributed by atoms with Crippen molar-refractivity contribution < 1.29 is 8.42 Å². The number of nitrogens with zero attached hydrogens (tertiary/aromatic N) is 7. The van der Waals surface area contributed by atoms with Gasteiger partial charge in [0.25, 0.3) is 5.56 Å². The van der Waals surface area contributed by atoms with Crippen LogP contribution in [0.1, 0.15) is 49.7 Å². The molecule has 1 saturated carbocycles. The van der Waals surface area contributed by atoms with E-state index in [-0.39, 0.29) is 28.7 Å². The van der Waals surface area contributed by atoms with Gasteiger partial charge in [0.1, 0.15) is 11.8 Å². The number of hydrogen-bond acceptors (Lipinski definition) is 10. The lowest BCUT2D eigenvalue weighted by Gasteiger charge is -2.15. The van der Waals surface area contributed by atoms with E-state index in [4.69, 9.17) is 4.98 Å². The Morgan fingerprint density at radius 3 is 2.51 bits per heavy atom. The SMILES string of the molecule is Cc1ncnc(C2CC2)c1-c1ncc2nc(NCc3ccc(S(C)(=O)=O)cn3)c(=O)n(CC(C)C)c2n1. The minimum absolute atomic E-state index is 0.135. The third-order valence-corrected chi connectivity index (χ3v) is 7.25. The highest BCUT2D eigenvalue weighted by Gasteiger charge is 2.30. The molecule has 0 radical (unpaired) electrons. The minimum atomic E-state index is -3.34. The van der Waals surface area contributed by atoms with Crippen molar-refractivity contribution in [1.82, 2.24) is 34.5 Å². The molecule has 192 valence electrons. The maximum Gasteiger partial charge on any atom is 0.294 e.